The van der Waals surface area contributed by atoms with Crippen molar-refractivity contribution < 1.29 is 28.4 Å². The number of rotatable bonds is 2. The number of carbonyl (C=O) groups is 3. The number of ether oxygens (including phenoxy) is 2. The molecule has 3 saturated carbocycles. The average molecular weight is 470 g/mol. The molecule has 0 amide bonds. The third kappa shape index (κ3) is 2.94. The topological polar surface area (TPSA) is 95.7 Å². The highest BCUT2D eigenvalue weighted by Crippen LogP contribution is 2.72. The van der Waals surface area contributed by atoms with Crippen LogP contribution in [-0.2, 0) is 23.9 Å². The maximum absolute atomic E-state index is 13.0. The Bertz CT molecular complexity index is 1070. The highest BCUT2D eigenvalue weighted by molar-refractivity contribution is 5.86. The first-order chi connectivity index (χ1) is 15.8. The van der Waals surface area contributed by atoms with E-state index in [1.54, 1.807) is 12.3 Å². The molecule has 0 spiro atoms. The normalized spacial score (nSPS) is 43.1. The second-order valence-electron chi connectivity index (χ2n) is 12.2. The standard InChI is InChI=1S/C27H35NO6/c1-15(29)33-21-11-18-24(2,3)20(30)8-10-25(18,4)17-7-9-26(5)19(27(17,21)6)12-22(31)34-23(26)16-13-28-32-14-16/h12-14,17-18,21,23H,7-11H2,1-6H3/t17?,18?,21-,23+,25-,26-,27-/m1/s1. The highest BCUT2D eigenvalue weighted by Gasteiger charge is 2.69. The number of hydrogen-bond donors (Lipinski definition) is 0. The van der Waals surface area contributed by atoms with E-state index in [1.807, 2.05) is 0 Å². The van der Waals surface area contributed by atoms with Crippen molar-refractivity contribution in [3.63, 3.8) is 0 Å². The predicted molar refractivity (Wildman–Crippen MR) is 122 cm³/mol. The van der Waals surface area contributed by atoms with E-state index in [0.717, 1.165) is 30.4 Å². The summed E-state index contributed by atoms with van der Waals surface area (Å²) >= 11 is 0. The van der Waals surface area contributed by atoms with E-state index in [0.29, 0.717) is 12.8 Å². The Morgan fingerprint density at radius 2 is 1.85 bits per heavy atom. The van der Waals surface area contributed by atoms with Gasteiger partial charge in [0.2, 0.25) is 0 Å². The van der Waals surface area contributed by atoms with Crippen LogP contribution in [0.15, 0.2) is 28.6 Å². The van der Waals surface area contributed by atoms with Gasteiger partial charge in [0.15, 0.2) is 0 Å². The molecule has 184 valence electrons. The lowest BCUT2D eigenvalue weighted by Gasteiger charge is -2.68. The number of hydrogen-bond acceptors (Lipinski definition) is 7. The van der Waals surface area contributed by atoms with Crippen LogP contribution in [0.3, 0.4) is 0 Å². The molecular weight excluding hydrogens is 434 g/mol. The summed E-state index contributed by atoms with van der Waals surface area (Å²) in [5.74, 6) is -0.195. The largest absolute Gasteiger partial charge is 0.462 e. The van der Waals surface area contributed by atoms with Crippen molar-refractivity contribution in [1.82, 2.24) is 5.16 Å². The molecule has 0 bridgehead atoms. The van der Waals surface area contributed by atoms with Crippen LogP contribution in [0.5, 0.6) is 0 Å². The lowest BCUT2D eigenvalue weighted by atomic mass is 9.37. The monoisotopic (exact) mass is 469 g/mol. The molecule has 7 atom stereocenters. The van der Waals surface area contributed by atoms with Gasteiger partial charge >= 0.3 is 11.9 Å². The molecule has 1 aromatic rings. The molecule has 2 heterocycles. The number of Topliss-reactive ketones (excluding diaryl/α,β-unsaturated/α-hetero) is 1. The van der Waals surface area contributed by atoms with Crippen molar-refractivity contribution >= 4 is 17.7 Å². The number of carbonyl (C=O) groups excluding carboxylic acids is 3. The zero-order valence-corrected chi connectivity index (χ0v) is 21.0. The SMILES string of the molecule is CC(=O)O[C@@H]1CC2C(C)(C)C(=O)CC[C@]2(C)C2CC[C@]3(C)C(=CC(=O)O[C@H]3c3cnoc3)[C@@]21C. The van der Waals surface area contributed by atoms with Gasteiger partial charge in [0.05, 0.1) is 11.8 Å². The summed E-state index contributed by atoms with van der Waals surface area (Å²) < 4.78 is 17.0. The fourth-order valence-corrected chi connectivity index (χ4v) is 8.57. The van der Waals surface area contributed by atoms with Gasteiger partial charge in [-0.15, -0.1) is 0 Å². The van der Waals surface area contributed by atoms with Crippen LogP contribution < -0.4 is 0 Å². The first-order valence-electron chi connectivity index (χ1n) is 12.4. The molecule has 1 aromatic heterocycles. The Morgan fingerprint density at radius 3 is 2.50 bits per heavy atom. The van der Waals surface area contributed by atoms with Crippen molar-refractivity contribution in [1.29, 1.82) is 0 Å². The highest BCUT2D eigenvalue weighted by atomic mass is 16.6. The van der Waals surface area contributed by atoms with Crippen LogP contribution in [-0.4, -0.2) is 29.0 Å². The number of ketones is 1. The van der Waals surface area contributed by atoms with E-state index in [-0.39, 0.29) is 29.0 Å². The maximum atomic E-state index is 13.0. The zero-order chi connectivity index (χ0) is 24.7. The molecule has 4 aliphatic rings. The van der Waals surface area contributed by atoms with Crippen LogP contribution in [0.2, 0.25) is 0 Å². The number of esters is 2. The van der Waals surface area contributed by atoms with E-state index in [4.69, 9.17) is 14.0 Å². The fourth-order valence-electron chi connectivity index (χ4n) is 8.57. The second-order valence-corrected chi connectivity index (χ2v) is 12.2. The summed E-state index contributed by atoms with van der Waals surface area (Å²) in [6.45, 7) is 12.2. The third-order valence-electron chi connectivity index (χ3n) is 10.2. The van der Waals surface area contributed by atoms with Crippen molar-refractivity contribution in [2.45, 2.75) is 85.9 Å². The van der Waals surface area contributed by atoms with E-state index in [2.05, 4.69) is 39.8 Å². The van der Waals surface area contributed by atoms with Gasteiger partial charge in [0.25, 0.3) is 0 Å². The number of aromatic nitrogens is 1. The van der Waals surface area contributed by atoms with Gasteiger partial charge in [-0.3, -0.25) is 9.59 Å². The van der Waals surface area contributed by atoms with E-state index in [9.17, 15) is 14.4 Å². The summed E-state index contributed by atoms with van der Waals surface area (Å²) in [6.07, 6.45) is 7.52. The zero-order valence-electron chi connectivity index (χ0n) is 21.0. The molecule has 0 N–H and O–H groups in total. The van der Waals surface area contributed by atoms with Crippen LogP contribution >= 0.6 is 0 Å². The Morgan fingerprint density at radius 1 is 1.12 bits per heavy atom. The molecule has 34 heavy (non-hydrogen) atoms. The first-order valence-corrected chi connectivity index (χ1v) is 12.4. The number of cyclic esters (lactones) is 1. The van der Waals surface area contributed by atoms with Gasteiger partial charge in [-0.05, 0) is 48.5 Å². The molecule has 2 unspecified atom stereocenters. The minimum absolute atomic E-state index is 0.0954. The van der Waals surface area contributed by atoms with Gasteiger partial charge in [0, 0.05) is 35.7 Å². The molecule has 0 saturated heterocycles. The van der Waals surface area contributed by atoms with E-state index < -0.39 is 34.4 Å². The van der Waals surface area contributed by atoms with Crippen LogP contribution in [0, 0.1) is 33.5 Å². The van der Waals surface area contributed by atoms with Crippen molar-refractivity contribution in [3.05, 3.63) is 29.7 Å². The minimum Gasteiger partial charge on any atom is -0.462 e. The Kier molecular flexibility index (Phi) is 4.99. The van der Waals surface area contributed by atoms with E-state index >= 15 is 0 Å². The molecule has 3 aliphatic carbocycles. The molecule has 7 nitrogen and oxygen atoms in total. The summed E-state index contributed by atoms with van der Waals surface area (Å²) in [4.78, 5) is 38.2. The average Bonchev–Trinajstić information content (AvgIpc) is 3.28. The lowest BCUT2D eigenvalue weighted by Crippen LogP contribution is -2.66. The molecule has 0 aromatic carbocycles. The summed E-state index contributed by atoms with van der Waals surface area (Å²) in [7, 11) is 0. The van der Waals surface area contributed by atoms with Gasteiger partial charge in [0.1, 0.15) is 24.3 Å². The van der Waals surface area contributed by atoms with Crippen molar-refractivity contribution in [2.75, 3.05) is 0 Å². The lowest BCUT2D eigenvalue weighted by molar-refractivity contribution is -0.210. The quantitative estimate of drug-likeness (QED) is 0.564. The molecule has 0 radical (unpaired) electrons. The number of nitrogens with zero attached hydrogens (tertiary/aromatic N) is 1. The van der Waals surface area contributed by atoms with Crippen molar-refractivity contribution in [2.24, 2.45) is 33.5 Å². The second kappa shape index (κ2) is 7.28. The Balaban J connectivity index is 1.68. The predicted octanol–water partition coefficient (Wildman–Crippen LogP) is 4.97. The van der Waals surface area contributed by atoms with Crippen molar-refractivity contribution in [3.8, 4) is 0 Å². The summed E-state index contributed by atoms with van der Waals surface area (Å²) in [6, 6.07) is 0. The maximum Gasteiger partial charge on any atom is 0.331 e. The fraction of sp³-hybridized carbons (Fsp3) is 0.704. The van der Waals surface area contributed by atoms with Gasteiger partial charge in [-0.25, -0.2) is 4.79 Å². The summed E-state index contributed by atoms with van der Waals surface area (Å²) in [5.41, 5.74) is 0.0787. The summed E-state index contributed by atoms with van der Waals surface area (Å²) in [5, 5.41) is 3.85. The molecule has 1 aliphatic heterocycles. The van der Waals surface area contributed by atoms with Crippen LogP contribution in [0.1, 0.15) is 85.3 Å². The number of fused-ring (bicyclic) bond motifs is 5. The Hall–Kier alpha value is -2.44. The van der Waals surface area contributed by atoms with Gasteiger partial charge < -0.3 is 14.0 Å². The molecule has 7 heteroatoms. The van der Waals surface area contributed by atoms with Gasteiger partial charge in [-0.1, -0.05) is 39.8 Å². The minimum atomic E-state index is -0.560. The van der Waals surface area contributed by atoms with Gasteiger partial charge in [-0.2, -0.15) is 0 Å². The first kappa shape index (κ1) is 23.3. The third-order valence-corrected chi connectivity index (χ3v) is 10.2. The van der Waals surface area contributed by atoms with E-state index in [1.165, 1.54) is 13.2 Å². The molecule has 3 fully saturated rings. The molecule has 5 rings (SSSR count). The smallest absolute Gasteiger partial charge is 0.331 e. The van der Waals surface area contributed by atoms with Crippen LogP contribution in [0.25, 0.3) is 0 Å². The Labute approximate surface area is 200 Å². The van der Waals surface area contributed by atoms with Crippen LogP contribution in [0.4, 0.5) is 0 Å². The molecular formula is C27H35NO6.